The maximum absolute atomic E-state index is 13.4. The number of rotatable bonds is 10. The van der Waals surface area contributed by atoms with E-state index in [1.165, 1.54) is 0 Å². The Morgan fingerprint density at radius 3 is 1.94 bits per heavy atom. The summed E-state index contributed by atoms with van der Waals surface area (Å²) in [7, 11) is -3.71. The fourth-order valence-corrected chi connectivity index (χ4v) is 5.51. The zero-order valence-electron chi connectivity index (χ0n) is 19.7. The van der Waals surface area contributed by atoms with Gasteiger partial charge in [-0.15, -0.1) is 0 Å². The monoisotopic (exact) mass is 487 g/mol. The molecule has 0 saturated heterocycles. The van der Waals surface area contributed by atoms with Crippen LogP contribution in [0.1, 0.15) is 29.3 Å². The van der Waals surface area contributed by atoms with Crippen LogP contribution in [0.2, 0.25) is 0 Å². The van der Waals surface area contributed by atoms with E-state index in [2.05, 4.69) is 4.98 Å². The van der Waals surface area contributed by atoms with E-state index in [9.17, 15) is 13.2 Å². The average molecular weight is 488 g/mol. The molecule has 35 heavy (non-hydrogen) atoms. The number of sulfone groups is 1. The van der Waals surface area contributed by atoms with Gasteiger partial charge in [-0.1, -0.05) is 91.0 Å². The van der Waals surface area contributed by atoms with Gasteiger partial charge in [0.05, 0.1) is 37.2 Å². The normalized spacial score (nSPS) is 11.3. The van der Waals surface area contributed by atoms with E-state index in [1.807, 2.05) is 85.8 Å². The fourth-order valence-electron chi connectivity index (χ4n) is 4.01. The number of hydrogen-bond donors (Lipinski definition) is 0. The first kappa shape index (κ1) is 24.4. The summed E-state index contributed by atoms with van der Waals surface area (Å²) >= 11 is 0. The lowest BCUT2D eigenvalue weighted by atomic mass is 10.1. The summed E-state index contributed by atoms with van der Waals surface area (Å²) in [5.41, 5.74) is 3.29. The first-order valence-corrected chi connectivity index (χ1v) is 13.3. The highest BCUT2D eigenvalue weighted by Gasteiger charge is 2.25. The van der Waals surface area contributed by atoms with Crippen LogP contribution in [0.15, 0.2) is 102 Å². The van der Waals surface area contributed by atoms with Crippen LogP contribution in [-0.2, 0) is 39.9 Å². The van der Waals surface area contributed by atoms with E-state index in [1.54, 1.807) is 27.8 Å². The predicted octanol–water partition coefficient (Wildman–Crippen LogP) is 4.50. The number of imidazole rings is 1. The summed E-state index contributed by atoms with van der Waals surface area (Å²) in [5, 5.41) is 0.0202. The van der Waals surface area contributed by atoms with Gasteiger partial charge in [-0.2, -0.15) is 0 Å². The summed E-state index contributed by atoms with van der Waals surface area (Å²) in [6.07, 6.45) is 1.87. The van der Waals surface area contributed by atoms with Gasteiger partial charge in [0.2, 0.25) is 20.9 Å². The van der Waals surface area contributed by atoms with Crippen LogP contribution in [0.5, 0.6) is 0 Å². The number of carbonyl (C=O) groups is 1. The van der Waals surface area contributed by atoms with Gasteiger partial charge in [0, 0.05) is 6.54 Å². The van der Waals surface area contributed by atoms with Crippen LogP contribution in [0.25, 0.3) is 0 Å². The van der Waals surface area contributed by atoms with E-state index < -0.39 is 9.84 Å². The van der Waals surface area contributed by atoms with Crippen molar-refractivity contribution in [1.29, 1.82) is 0 Å². The van der Waals surface area contributed by atoms with Gasteiger partial charge in [0.15, 0.2) is 0 Å². The second-order valence-electron chi connectivity index (χ2n) is 8.42. The number of amides is 1. The zero-order valence-corrected chi connectivity index (χ0v) is 20.6. The molecule has 1 aromatic heterocycles. The van der Waals surface area contributed by atoms with Crippen LogP contribution in [-0.4, -0.2) is 35.3 Å². The van der Waals surface area contributed by atoms with Crippen LogP contribution in [0, 0.1) is 0 Å². The topological polar surface area (TPSA) is 72.3 Å². The van der Waals surface area contributed by atoms with Crippen molar-refractivity contribution in [3.63, 3.8) is 0 Å². The third-order valence-corrected chi connectivity index (χ3v) is 7.44. The molecule has 1 heterocycles. The third-order valence-electron chi connectivity index (χ3n) is 5.85. The molecule has 6 nitrogen and oxygen atoms in total. The molecule has 3 aromatic carbocycles. The number of benzene rings is 3. The second kappa shape index (κ2) is 11.1. The van der Waals surface area contributed by atoms with Gasteiger partial charge in [0.1, 0.15) is 0 Å². The van der Waals surface area contributed by atoms with E-state index in [-0.39, 0.29) is 23.4 Å². The van der Waals surface area contributed by atoms with Gasteiger partial charge in [-0.3, -0.25) is 4.79 Å². The Morgan fingerprint density at radius 2 is 1.37 bits per heavy atom. The molecule has 0 bridgehead atoms. The van der Waals surface area contributed by atoms with Crippen molar-refractivity contribution < 1.29 is 13.2 Å². The lowest BCUT2D eigenvalue weighted by Crippen LogP contribution is -2.32. The van der Waals surface area contributed by atoms with E-state index in [4.69, 9.17) is 0 Å². The molecule has 0 aliphatic rings. The molecule has 7 heteroatoms. The number of hydrogen-bond acceptors (Lipinski definition) is 4. The molecule has 0 saturated carbocycles. The number of aromatic nitrogens is 2. The van der Waals surface area contributed by atoms with Crippen LogP contribution in [0.4, 0.5) is 0 Å². The molecule has 0 unspecified atom stereocenters. The Hall–Kier alpha value is -3.71. The first-order valence-electron chi connectivity index (χ1n) is 11.6. The molecule has 0 fully saturated rings. The van der Waals surface area contributed by atoms with Crippen molar-refractivity contribution in [2.45, 2.75) is 37.3 Å². The van der Waals surface area contributed by atoms with Crippen molar-refractivity contribution >= 4 is 15.7 Å². The number of likely N-dealkylation sites (N-methyl/N-ethyl adjacent to an activating group) is 1. The summed E-state index contributed by atoms with van der Waals surface area (Å²) in [6, 6.07) is 28.4. The van der Waals surface area contributed by atoms with Crippen molar-refractivity contribution in [2.75, 3.05) is 6.54 Å². The van der Waals surface area contributed by atoms with Gasteiger partial charge < -0.3 is 9.47 Å². The van der Waals surface area contributed by atoms with Crippen molar-refractivity contribution in [1.82, 2.24) is 14.5 Å². The minimum Gasteiger partial charge on any atom is -0.337 e. The van der Waals surface area contributed by atoms with Crippen molar-refractivity contribution in [3.05, 3.63) is 120 Å². The Balaban J connectivity index is 1.64. The van der Waals surface area contributed by atoms with Gasteiger partial charge in [-0.05, 0) is 23.6 Å². The van der Waals surface area contributed by atoms with Gasteiger partial charge >= 0.3 is 0 Å². The molecule has 1 amide bonds. The Morgan fingerprint density at radius 1 is 0.829 bits per heavy atom. The SMILES string of the molecule is CCN(Cc1cnc(S(=O)(=O)Cc2ccccc2)n1Cc1ccccc1)C(=O)Cc1ccccc1. The summed E-state index contributed by atoms with van der Waals surface area (Å²) in [6.45, 7) is 3.06. The predicted molar refractivity (Wildman–Crippen MR) is 136 cm³/mol. The largest absolute Gasteiger partial charge is 0.337 e. The molecular formula is C28H29N3O3S. The lowest BCUT2D eigenvalue weighted by Gasteiger charge is -2.22. The molecule has 0 radical (unpaired) electrons. The highest BCUT2D eigenvalue weighted by molar-refractivity contribution is 7.90. The fraction of sp³-hybridized carbons (Fsp3) is 0.214. The maximum Gasteiger partial charge on any atom is 0.228 e. The third kappa shape index (κ3) is 6.25. The van der Waals surface area contributed by atoms with Crippen molar-refractivity contribution in [2.24, 2.45) is 0 Å². The number of carbonyl (C=O) groups excluding carboxylic acids is 1. The highest BCUT2D eigenvalue weighted by Crippen LogP contribution is 2.21. The molecule has 0 spiro atoms. The van der Waals surface area contributed by atoms with Crippen LogP contribution < -0.4 is 0 Å². The summed E-state index contributed by atoms with van der Waals surface area (Å²) in [4.78, 5) is 19.1. The van der Waals surface area contributed by atoms with Gasteiger partial charge in [0.25, 0.3) is 0 Å². The van der Waals surface area contributed by atoms with Crippen molar-refractivity contribution in [3.8, 4) is 0 Å². The van der Waals surface area contributed by atoms with E-state index in [0.717, 1.165) is 11.1 Å². The summed E-state index contributed by atoms with van der Waals surface area (Å²) < 4.78 is 28.5. The maximum atomic E-state index is 13.4. The van der Waals surface area contributed by atoms with Gasteiger partial charge in [-0.25, -0.2) is 13.4 Å². The van der Waals surface area contributed by atoms with Crippen LogP contribution >= 0.6 is 0 Å². The second-order valence-corrected chi connectivity index (χ2v) is 10.3. The standard InChI is InChI=1S/C28H29N3O3S/c1-2-30(27(32)18-23-12-6-3-7-13-23)21-26-19-29-28(31(26)20-24-14-8-4-9-15-24)35(33,34)22-25-16-10-5-11-17-25/h3-17,19H,2,18,20-22H2,1H3. The smallest absolute Gasteiger partial charge is 0.228 e. The molecule has 0 N–H and O–H groups in total. The zero-order chi connectivity index (χ0) is 24.7. The minimum atomic E-state index is -3.71. The summed E-state index contributed by atoms with van der Waals surface area (Å²) in [5.74, 6) is -0.149. The molecule has 0 atom stereocenters. The quantitative estimate of drug-likeness (QED) is 0.330. The molecule has 0 aliphatic carbocycles. The molecule has 4 rings (SSSR count). The van der Waals surface area contributed by atoms with E-state index >= 15 is 0 Å². The number of nitrogens with zero attached hydrogens (tertiary/aromatic N) is 3. The van der Waals surface area contributed by atoms with E-state index in [0.29, 0.717) is 30.8 Å². The Kier molecular flexibility index (Phi) is 7.77. The molecule has 4 aromatic rings. The first-order chi connectivity index (χ1) is 17.0. The molecule has 0 aliphatic heterocycles. The minimum absolute atomic E-state index is 0.0140. The average Bonchev–Trinajstić information content (AvgIpc) is 3.27. The Bertz CT molecular complexity index is 1350. The van der Waals surface area contributed by atoms with Crippen LogP contribution in [0.3, 0.4) is 0 Å². The molecule has 180 valence electrons. The Labute approximate surface area is 206 Å². The highest BCUT2D eigenvalue weighted by atomic mass is 32.2. The molecular weight excluding hydrogens is 458 g/mol. The lowest BCUT2D eigenvalue weighted by molar-refractivity contribution is -0.130.